The number of benzene rings is 1. The SMILES string of the molecule is COCCCNc1nc(C2C(=O)Nc3ccc(C#N)cc32)c2cn(C3CCCC3)nc2n1. The number of ether oxygens (including phenoxy) is 1. The molecule has 1 atom stereocenters. The topological polar surface area (TPSA) is 118 Å². The van der Waals surface area contributed by atoms with Gasteiger partial charge in [0, 0.05) is 32.1 Å². The lowest BCUT2D eigenvalue weighted by molar-refractivity contribution is -0.116. The zero-order valence-electron chi connectivity index (χ0n) is 18.0. The molecule has 1 saturated carbocycles. The number of nitrogens with one attached hydrogen (secondary N) is 2. The molecule has 3 heterocycles. The van der Waals surface area contributed by atoms with Crippen LogP contribution in [-0.2, 0) is 9.53 Å². The van der Waals surface area contributed by atoms with Gasteiger partial charge in [0.1, 0.15) is 5.92 Å². The summed E-state index contributed by atoms with van der Waals surface area (Å²) in [4.78, 5) is 22.4. The minimum absolute atomic E-state index is 0.158. The van der Waals surface area contributed by atoms with Gasteiger partial charge in [0.15, 0.2) is 5.65 Å². The van der Waals surface area contributed by atoms with Crippen LogP contribution in [0.15, 0.2) is 24.4 Å². The summed E-state index contributed by atoms with van der Waals surface area (Å²) in [5.74, 6) is -0.337. The van der Waals surface area contributed by atoms with E-state index in [1.165, 1.54) is 12.8 Å². The van der Waals surface area contributed by atoms with Gasteiger partial charge in [0.25, 0.3) is 0 Å². The van der Waals surface area contributed by atoms with E-state index in [0.717, 1.165) is 30.2 Å². The molecular formula is C23H25N7O2. The van der Waals surface area contributed by atoms with Crippen LogP contribution in [0.2, 0.25) is 0 Å². The largest absolute Gasteiger partial charge is 0.385 e. The summed E-state index contributed by atoms with van der Waals surface area (Å²) in [5.41, 5.74) is 3.17. The van der Waals surface area contributed by atoms with Crippen LogP contribution in [0.3, 0.4) is 0 Å². The fraction of sp³-hybridized carbons (Fsp3) is 0.435. The van der Waals surface area contributed by atoms with E-state index >= 15 is 0 Å². The predicted molar refractivity (Wildman–Crippen MR) is 119 cm³/mol. The smallest absolute Gasteiger partial charge is 0.238 e. The predicted octanol–water partition coefficient (Wildman–Crippen LogP) is 3.35. The number of nitriles is 1. The van der Waals surface area contributed by atoms with Gasteiger partial charge in [-0.15, -0.1) is 0 Å². The molecule has 1 aliphatic carbocycles. The Bertz CT molecular complexity index is 1210. The van der Waals surface area contributed by atoms with Crippen LogP contribution in [0.25, 0.3) is 11.0 Å². The number of aromatic nitrogens is 4. The summed E-state index contributed by atoms with van der Waals surface area (Å²) in [7, 11) is 1.67. The van der Waals surface area contributed by atoms with Crippen LogP contribution >= 0.6 is 0 Å². The number of rotatable bonds is 7. The molecule has 32 heavy (non-hydrogen) atoms. The summed E-state index contributed by atoms with van der Waals surface area (Å²) in [6.45, 7) is 1.28. The molecule has 3 aromatic rings. The first kappa shape index (κ1) is 20.4. The molecule has 0 saturated heterocycles. The average Bonchev–Trinajstić information content (AvgIpc) is 3.53. The minimum Gasteiger partial charge on any atom is -0.385 e. The first-order valence-electron chi connectivity index (χ1n) is 11.0. The van der Waals surface area contributed by atoms with Crippen molar-refractivity contribution in [3.8, 4) is 6.07 Å². The second-order valence-corrected chi connectivity index (χ2v) is 8.33. The zero-order valence-corrected chi connectivity index (χ0v) is 18.0. The van der Waals surface area contributed by atoms with Crippen molar-refractivity contribution in [2.45, 2.75) is 44.1 Å². The van der Waals surface area contributed by atoms with Gasteiger partial charge >= 0.3 is 0 Å². The Morgan fingerprint density at radius 2 is 2.16 bits per heavy atom. The molecule has 164 valence electrons. The number of carbonyl (C=O) groups excluding carboxylic acids is 1. The van der Waals surface area contributed by atoms with Crippen molar-refractivity contribution in [3.63, 3.8) is 0 Å². The van der Waals surface area contributed by atoms with E-state index in [1.54, 1.807) is 25.3 Å². The lowest BCUT2D eigenvalue weighted by Gasteiger charge is -2.12. The molecule has 2 aromatic heterocycles. The van der Waals surface area contributed by atoms with E-state index in [9.17, 15) is 10.1 Å². The number of anilines is 2. The van der Waals surface area contributed by atoms with Crippen molar-refractivity contribution < 1.29 is 9.53 Å². The van der Waals surface area contributed by atoms with Gasteiger partial charge in [-0.2, -0.15) is 15.3 Å². The standard InChI is InChI=1S/C23H25N7O2/c1-32-10-4-9-25-23-27-20(17-13-30(29-21(17)28-23)15-5-2-3-6-15)19-16-11-14(12-24)7-8-18(16)26-22(19)31/h7-8,11,13,15,19H,2-6,9-10H2,1H3,(H,26,31)(H,25,28,29). The fourth-order valence-electron chi connectivity index (χ4n) is 4.62. The molecule has 1 fully saturated rings. The lowest BCUT2D eigenvalue weighted by Crippen LogP contribution is -2.16. The van der Waals surface area contributed by atoms with Crippen LogP contribution in [-0.4, -0.2) is 45.9 Å². The van der Waals surface area contributed by atoms with Gasteiger partial charge in [-0.1, -0.05) is 12.8 Å². The summed E-state index contributed by atoms with van der Waals surface area (Å²) >= 11 is 0. The number of hydrogen-bond donors (Lipinski definition) is 2. The van der Waals surface area contributed by atoms with E-state index in [4.69, 9.17) is 14.8 Å². The second-order valence-electron chi connectivity index (χ2n) is 8.33. The molecule has 9 nitrogen and oxygen atoms in total. The van der Waals surface area contributed by atoms with E-state index in [0.29, 0.717) is 47.7 Å². The Kier molecular flexibility index (Phi) is 5.45. The second kappa shape index (κ2) is 8.55. The summed E-state index contributed by atoms with van der Waals surface area (Å²) < 4.78 is 7.10. The monoisotopic (exact) mass is 431 g/mol. The first-order valence-corrected chi connectivity index (χ1v) is 11.0. The molecule has 0 radical (unpaired) electrons. The van der Waals surface area contributed by atoms with Crippen LogP contribution in [0, 0.1) is 11.3 Å². The number of nitrogens with zero attached hydrogens (tertiary/aromatic N) is 5. The van der Waals surface area contributed by atoms with Crippen molar-refractivity contribution in [1.29, 1.82) is 5.26 Å². The first-order chi connectivity index (χ1) is 15.7. The van der Waals surface area contributed by atoms with Crippen LogP contribution in [0.1, 0.15) is 60.9 Å². The maximum atomic E-state index is 13.0. The van der Waals surface area contributed by atoms with E-state index in [1.807, 2.05) is 10.9 Å². The number of methoxy groups -OCH3 is 1. The maximum absolute atomic E-state index is 13.0. The molecule has 0 spiro atoms. The molecule has 2 N–H and O–H groups in total. The fourth-order valence-corrected chi connectivity index (χ4v) is 4.62. The molecule has 9 heteroatoms. The highest BCUT2D eigenvalue weighted by atomic mass is 16.5. The molecule has 1 aromatic carbocycles. The van der Waals surface area contributed by atoms with E-state index in [2.05, 4.69) is 21.7 Å². The summed E-state index contributed by atoms with van der Waals surface area (Å²) in [5, 5.41) is 21.1. The number of amides is 1. The lowest BCUT2D eigenvalue weighted by atomic mass is 9.94. The van der Waals surface area contributed by atoms with Gasteiger partial charge < -0.3 is 15.4 Å². The highest BCUT2D eigenvalue weighted by Crippen LogP contribution is 2.40. The van der Waals surface area contributed by atoms with Crippen molar-refractivity contribution >= 4 is 28.6 Å². The van der Waals surface area contributed by atoms with Crippen LogP contribution in [0.4, 0.5) is 11.6 Å². The highest BCUT2D eigenvalue weighted by molar-refractivity contribution is 6.06. The molecule has 1 amide bonds. The van der Waals surface area contributed by atoms with Crippen molar-refractivity contribution in [2.75, 3.05) is 30.9 Å². The normalized spacial score (nSPS) is 18.0. The third-order valence-electron chi connectivity index (χ3n) is 6.22. The zero-order chi connectivity index (χ0) is 22.1. The summed E-state index contributed by atoms with van der Waals surface area (Å²) in [6.07, 6.45) is 7.37. The molecule has 1 aliphatic heterocycles. The van der Waals surface area contributed by atoms with Crippen molar-refractivity contribution in [2.24, 2.45) is 0 Å². The number of fused-ring (bicyclic) bond motifs is 2. The Hall–Kier alpha value is -3.51. The Morgan fingerprint density at radius 1 is 1.31 bits per heavy atom. The van der Waals surface area contributed by atoms with Gasteiger partial charge in [-0.25, -0.2) is 4.98 Å². The van der Waals surface area contributed by atoms with Gasteiger partial charge in [0.2, 0.25) is 11.9 Å². The Labute approximate surface area is 185 Å². The van der Waals surface area contributed by atoms with E-state index < -0.39 is 5.92 Å². The Balaban J connectivity index is 1.60. The number of carbonyl (C=O) groups is 1. The summed E-state index contributed by atoms with van der Waals surface area (Å²) in [6, 6.07) is 7.76. The van der Waals surface area contributed by atoms with Crippen molar-refractivity contribution in [1.82, 2.24) is 19.7 Å². The van der Waals surface area contributed by atoms with E-state index in [-0.39, 0.29) is 5.91 Å². The maximum Gasteiger partial charge on any atom is 0.238 e. The van der Waals surface area contributed by atoms with Crippen LogP contribution < -0.4 is 10.6 Å². The third kappa shape index (κ3) is 3.67. The van der Waals surface area contributed by atoms with Gasteiger partial charge in [-0.3, -0.25) is 9.48 Å². The number of hydrogen-bond acceptors (Lipinski definition) is 7. The van der Waals surface area contributed by atoms with Crippen molar-refractivity contribution in [3.05, 3.63) is 41.2 Å². The molecule has 0 bridgehead atoms. The molecule has 5 rings (SSSR count). The molecule has 2 aliphatic rings. The minimum atomic E-state index is -0.621. The average molecular weight is 432 g/mol. The highest BCUT2D eigenvalue weighted by Gasteiger charge is 2.36. The Morgan fingerprint density at radius 3 is 2.94 bits per heavy atom. The van der Waals surface area contributed by atoms with Crippen LogP contribution in [0.5, 0.6) is 0 Å². The molecule has 1 unspecified atom stereocenters. The third-order valence-corrected chi connectivity index (χ3v) is 6.22. The molecular weight excluding hydrogens is 406 g/mol. The van der Waals surface area contributed by atoms with Gasteiger partial charge in [-0.05, 0) is 43.0 Å². The quantitative estimate of drug-likeness (QED) is 0.551. The van der Waals surface area contributed by atoms with Gasteiger partial charge in [0.05, 0.1) is 28.8 Å².